The molecule has 4 aromatic rings. The highest BCUT2D eigenvalue weighted by atomic mass is 15.1. The number of benzene rings is 2. The van der Waals surface area contributed by atoms with Crippen LogP contribution in [0.4, 0.5) is 0 Å². The molecule has 2 aromatic carbocycles. The Kier molecular flexibility index (Phi) is 3.05. The minimum Gasteiger partial charge on any atom is -0.158 e. The Morgan fingerprint density at radius 1 is 0.500 bits per heavy atom. The van der Waals surface area contributed by atoms with E-state index in [-0.39, 0.29) is 0 Å². The molecule has 0 saturated carbocycles. The van der Waals surface area contributed by atoms with E-state index in [1.807, 2.05) is 60.7 Å². The van der Waals surface area contributed by atoms with E-state index >= 15 is 0 Å². The van der Waals surface area contributed by atoms with Gasteiger partial charge in [0.15, 0.2) is 0 Å². The quantitative estimate of drug-likeness (QED) is 0.562. The molecule has 0 unspecified atom stereocenters. The molecule has 0 bridgehead atoms. The summed E-state index contributed by atoms with van der Waals surface area (Å²) in [5.41, 5.74) is 3.69. The highest BCUT2D eigenvalue weighted by molar-refractivity contribution is 6.00. The van der Waals surface area contributed by atoms with Gasteiger partial charge in [0.05, 0.1) is 12.4 Å². The molecular formula is C18H12N4. The van der Waals surface area contributed by atoms with Gasteiger partial charge in [0.2, 0.25) is 0 Å². The van der Waals surface area contributed by atoms with Gasteiger partial charge in [-0.15, -0.1) is 10.2 Å². The van der Waals surface area contributed by atoms with Crippen LogP contribution in [0.15, 0.2) is 73.1 Å². The summed E-state index contributed by atoms with van der Waals surface area (Å²) in [6, 6.07) is 20.0. The first-order valence-corrected chi connectivity index (χ1v) is 7.01. The molecule has 104 valence electrons. The summed E-state index contributed by atoms with van der Waals surface area (Å²) in [5.74, 6) is 0. The molecular weight excluding hydrogens is 272 g/mol. The van der Waals surface area contributed by atoms with Crippen molar-refractivity contribution < 1.29 is 0 Å². The molecule has 2 aromatic heterocycles. The van der Waals surface area contributed by atoms with Gasteiger partial charge >= 0.3 is 0 Å². The molecule has 0 aliphatic carbocycles. The second-order valence-electron chi connectivity index (χ2n) is 4.95. The molecule has 0 amide bonds. The second kappa shape index (κ2) is 5.33. The maximum absolute atomic E-state index is 4.44. The fourth-order valence-electron chi connectivity index (χ4n) is 2.52. The van der Waals surface area contributed by atoms with Crippen LogP contribution in [0.25, 0.3) is 33.3 Å². The van der Waals surface area contributed by atoms with Crippen LogP contribution in [0.3, 0.4) is 0 Å². The normalized spacial score (nSPS) is 10.7. The van der Waals surface area contributed by atoms with Gasteiger partial charge in [-0.05, 0) is 0 Å². The molecule has 4 nitrogen and oxygen atoms in total. The second-order valence-corrected chi connectivity index (χ2v) is 4.95. The minimum absolute atomic E-state index is 0.824. The Balaban J connectivity index is 2.01. The lowest BCUT2D eigenvalue weighted by molar-refractivity contribution is 1.02. The highest BCUT2D eigenvalue weighted by Crippen LogP contribution is 2.30. The van der Waals surface area contributed by atoms with Crippen molar-refractivity contribution in [1.29, 1.82) is 0 Å². The molecule has 0 aliphatic heterocycles. The van der Waals surface area contributed by atoms with E-state index in [0.717, 1.165) is 33.3 Å². The molecule has 4 heteroatoms. The summed E-state index contributed by atoms with van der Waals surface area (Å²) in [6.45, 7) is 0. The summed E-state index contributed by atoms with van der Waals surface area (Å²) in [6.07, 6.45) is 3.50. The van der Waals surface area contributed by atoms with Crippen LogP contribution < -0.4 is 0 Å². The number of aromatic nitrogens is 4. The lowest BCUT2D eigenvalue weighted by atomic mass is 10.0. The van der Waals surface area contributed by atoms with Gasteiger partial charge in [-0.2, -0.15) is 10.2 Å². The average Bonchev–Trinajstić information content (AvgIpc) is 2.62. The van der Waals surface area contributed by atoms with Crippen molar-refractivity contribution in [3.05, 3.63) is 73.1 Å². The van der Waals surface area contributed by atoms with Crippen molar-refractivity contribution in [2.45, 2.75) is 0 Å². The fraction of sp³-hybridized carbons (Fsp3) is 0. The van der Waals surface area contributed by atoms with Gasteiger partial charge < -0.3 is 0 Å². The standard InChI is InChI=1S/C18H12N4/c1-3-7-13(8-4-1)17-15-11-19-20-12-16(15)18(22-21-17)14-9-5-2-6-10-14/h1-12H. The Hall–Kier alpha value is -3.14. The summed E-state index contributed by atoms with van der Waals surface area (Å²) in [5, 5.41) is 18.8. The fourth-order valence-corrected chi connectivity index (χ4v) is 2.52. The Morgan fingerprint density at radius 3 is 1.32 bits per heavy atom. The highest BCUT2D eigenvalue weighted by Gasteiger charge is 2.12. The third-order valence-electron chi connectivity index (χ3n) is 3.59. The van der Waals surface area contributed by atoms with Gasteiger partial charge in [-0.25, -0.2) is 0 Å². The molecule has 22 heavy (non-hydrogen) atoms. The third kappa shape index (κ3) is 2.11. The van der Waals surface area contributed by atoms with Crippen molar-refractivity contribution >= 4 is 10.8 Å². The van der Waals surface area contributed by atoms with Gasteiger partial charge in [-0.3, -0.25) is 0 Å². The lowest BCUT2D eigenvalue weighted by Gasteiger charge is -2.08. The Morgan fingerprint density at radius 2 is 0.909 bits per heavy atom. The molecule has 0 aliphatic rings. The van der Waals surface area contributed by atoms with Gasteiger partial charge in [0.1, 0.15) is 11.4 Å². The first-order valence-electron chi connectivity index (χ1n) is 7.01. The van der Waals surface area contributed by atoms with Gasteiger partial charge in [-0.1, -0.05) is 60.7 Å². The Labute approximate surface area is 127 Å². The van der Waals surface area contributed by atoms with Crippen molar-refractivity contribution in [2.75, 3.05) is 0 Å². The predicted molar refractivity (Wildman–Crippen MR) is 86.0 cm³/mol. The number of rotatable bonds is 2. The monoisotopic (exact) mass is 284 g/mol. The summed E-state index contributed by atoms with van der Waals surface area (Å²) in [7, 11) is 0. The molecule has 0 atom stereocenters. The number of nitrogens with zero attached hydrogens (tertiary/aromatic N) is 4. The van der Waals surface area contributed by atoms with Crippen LogP contribution in [0, 0.1) is 0 Å². The van der Waals surface area contributed by atoms with Crippen LogP contribution in [0.1, 0.15) is 0 Å². The maximum Gasteiger partial charge on any atom is 0.102 e. The molecule has 4 rings (SSSR count). The van der Waals surface area contributed by atoms with E-state index < -0.39 is 0 Å². The third-order valence-corrected chi connectivity index (χ3v) is 3.59. The molecule has 0 radical (unpaired) electrons. The van der Waals surface area contributed by atoms with E-state index in [9.17, 15) is 0 Å². The predicted octanol–water partition coefficient (Wildman–Crippen LogP) is 3.75. The van der Waals surface area contributed by atoms with Crippen molar-refractivity contribution in [1.82, 2.24) is 20.4 Å². The largest absolute Gasteiger partial charge is 0.158 e. The number of hydrogen-bond donors (Lipinski definition) is 0. The zero-order valence-electron chi connectivity index (χ0n) is 11.7. The van der Waals surface area contributed by atoms with E-state index in [2.05, 4.69) is 20.4 Å². The van der Waals surface area contributed by atoms with Crippen molar-refractivity contribution in [2.24, 2.45) is 0 Å². The summed E-state index contributed by atoms with van der Waals surface area (Å²) >= 11 is 0. The zero-order valence-corrected chi connectivity index (χ0v) is 11.7. The van der Waals surface area contributed by atoms with Crippen LogP contribution in [0.2, 0.25) is 0 Å². The molecule has 0 saturated heterocycles. The molecule has 2 heterocycles. The van der Waals surface area contributed by atoms with Crippen molar-refractivity contribution in [3.63, 3.8) is 0 Å². The summed E-state index contributed by atoms with van der Waals surface area (Å²) in [4.78, 5) is 0. The van der Waals surface area contributed by atoms with Crippen LogP contribution in [-0.4, -0.2) is 20.4 Å². The maximum atomic E-state index is 4.44. The van der Waals surface area contributed by atoms with Crippen LogP contribution >= 0.6 is 0 Å². The zero-order chi connectivity index (χ0) is 14.8. The van der Waals surface area contributed by atoms with Crippen molar-refractivity contribution in [3.8, 4) is 22.5 Å². The molecule has 0 fully saturated rings. The SMILES string of the molecule is c1ccc(-c2nnc(-c3ccccc3)c3cnncc23)cc1. The first-order chi connectivity index (χ1) is 10.9. The Bertz CT molecular complexity index is 843. The van der Waals surface area contributed by atoms with Crippen LogP contribution in [0.5, 0.6) is 0 Å². The minimum atomic E-state index is 0.824. The molecule has 0 spiro atoms. The summed E-state index contributed by atoms with van der Waals surface area (Å²) < 4.78 is 0. The topological polar surface area (TPSA) is 51.6 Å². The van der Waals surface area contributed by atoms with E-state index in [0.29, 0.717) is 0 Å². The van der Waals surface area contributed by atoms with Gasteiger partial charge in [0.25, 0.3) is 0 Å². The smallest absolute Gasteiger partial charge is 0.102 e. The number of fused-ring (bicyclic) bond motifs is 1. The number of hydrogen-bond acceptors (Lipinski definition) is 4. The van der Waals surface area contributed by atoms with Gasteiger partial charge in [0, 0.05) is 21.9 Å². The lowest BCUT2D eigenvalue weighted by Crippen LogP contribution is -1.96. The van der Waals surface area contributed by atoms with Crippen LogP contribution in [-0.2, 0) is 0 Å². The average molecular weight is 284 g/mol. The molecule has 0 N–H and O–H groups in total. The van der Waals surface area contributed by atoms with E-state index in [1.54, 1.807) is 12.4 Å². The van der Waals surface area contributed by atoms with E-state index in [4.69, 9.17) is 0 Å². The first kappa shape index (κ1) is 12.6. The van der Waals surface area contributed by atoms with E-state index in [1.165, 1.54) is 0 Å².